The van der Waals surface area contributed by atoms with Crippen molar-refractivity contribution in [2.24, 2.45) is 11.0 Å². The van der Waals surface area contributed by atoms with Gasteiger partial charge in [0, 0.05) is 33.4 Å². The maximum atomic E-state index is 10.0. The molecule has 14 heteroatoms. The predicted octanol–water partition coefficient (Wildman–Crippen LogP) is 1.05. The van der Waals surface area contributed by atoms with Gasteiger partial charge in [-0.05, 0) is 19.4 Å². The Balaban J connectivity index is 2.29. The lowest BCUT2D eigenvalue weighted by atomic mass is 9.61. The number of hydrogen-bond acceptors (Lipinski definition) is 12. The van der Waals surface area contributed by atoms with Crippen LogP contribution in [0.3, 0.4) is 0 Å². The van der Waals surface area contributed by atoms with Crippen molar-refractivity contribution in [2.75, 3.05) is 55.4 Å². The molecule has 0 radical (unpaired) electrons. The Morgan fingerprint density at radius 1 is 1.00 bits per heavy atom. The summed E-state index contributed by atoms with van der Waals surface area (Å²) in [5.74, 6) is -1.90. The van der Waals surface area contributed by atoms with Crippen LogP contribution >= 0.6 is 0 Å². The Morgan fingerprint density at radius 2 is 1.59 bits per heavy atom. The number of ether oxygens (including phenoxy) is 10. The molecule has 0 amide bonds. The van der Waals surface area contributed by atoms with E-state index in [0.29, 0.717) is 0 Å². The van der Waals surface area contributed by atoms with Crippen LogP contribution in [0.1, 0.15) is 13.8 Å². The molecule has 8 atom stereocenters. The number of nitriles is 1. The fourth-order valence-corrected chi connectivity index (χ4v) is 5.20. The molecule has 1 aliphatic carbocycles. The summed E-state index contributed by atoms with van der Waals surface area (Å²) in [4.78, 5) is 3.06. The lowest BCUT2D eigenvalue weighted by Gasteiger charge is -2.56. The van der Waals surface area contributed by atoms with Gasteiger partial charge in [0.1, 0.15) is 44.2 Å². The number of methoxy groups -OCH3 is 4. The summed E-state index contributed by atoms with van der Waals surface area (Å²) in [6.07, 6.45) is -5.34. The molecular formula is C20H32N4O10. The zero-order valence-electron chi connectivity index (χ0n) is 20.2. The Labute approximate surface area is 197 Å². The second-order valence-corrected chi connectivity index (χ2v) is 8.58. The Kier molecular flexibility index (Phi) is 8.72. The summed E-state index contributed by atoms with van der Waals surface area (Å²) in [6, 6.07) is 2.07. The summed E-state index contributed by atoms with van der Waals surface area (Å²) in [5, 5.41) is 14.1. The van der Waals surface area contributed by atoms with Crippen LogP contribution in [-0.4, -0.2) is 103 Å². The third-order valence-electron chi connectivity index (χ3n) is 6.28. The van der Waals surface area contributed by atoms with Gasteiger partial charge < -0.3 is 47.4 Å². The fourth-order valence-electron chi connectivity index (χ4n) is 5.20. The van der Waals surface area contributed by atoms with Crippen LogP contribution < -0.4 is 0 Å². The molecule has 192 valence electrons. The van der Waals surface area contributed by atoms with Crippen LogP contribution in [0, 0.1) is 17.2 Å². The SMILES string of the molecule is COCO[C@@H]1[C@@H]2[C@@H](OC)O[C@@H](C#N)[C@]2(N=[N+]=[N-])[C@H](OCOC)[C@H](OCOC)[C@]12COC(C)(C)O2. The van der Waals surface area contributed by atoms with Gasteiger partial charge in [-0.3, -0.25) is 0 Å². The second-order valence-electron chi connectivity index (χ2n) is 8.58. The molecule has 1 spiro atoms. The Bertz CT molecular complexity index is 790. The molecule has 2 heterocycles. The third-order valence-corrected chi connectivity index (χ3v) is 6.28. The van der Waals surface area contributed by atoms with Gasteiger partial charge in [0.15, 0.2) is 23.8 Å². The van der Waals surface area contributed by atoms with Crippen molar-refractivity contribution < 1.29 is 47.4 Å². The van der Waals surface area contributed by atoms with Crippen LogP contribution in [0.5, 0.6) is 0 Å². The second kappa shape index (κ2) is 11.0. The maximum absolute atomic E-state index is 10.0. The summed E-state index contributed by atoms with van der Waals surface area (Å²) < 4.78 is 57.8. The van der Waals surface area contributed by atoms with Crippen molar-refractivity contribution in [3.63, 3.8) is 0 Å². The summed E-state index contributed by atoms with van der Waals surface area (Å²) in [5.41, 5.74) is 6.65. The molecule has 0 aromatic rings. The standard InChI is InChI=1S/C20H32N4O10/c1-18(2)32-8-19(34-18)14(29-9-25-3)13-17(28-6)33-12(7-21)20(13,23-24-22)16(31-11-27-5)15(19)30-10-26-4/h12-17H,8-11H2,1-6H3/t12-,13+,14+,15-,16+,17-,19-,20+/m0/s1. The quantitative estimate of drug-likeness (QED) is 0.177. The monoisotopic (exact) mass is 488 g/mol. The molecule has 3 rings (SSSR count). The van der Waals surface area contributed by atoms with E-state index in [-0.39, 0.29) is 27.0 Å². The predicted molar refractivity (Wildman–Crippen MR) is 111 cm³/mol. The average Bonchev–Trinajstić information content (AvgIpc) is 3.31. The van der Waals surface area contributed by atoms with Gasteiger partial charge in [0.25, 0.3) is 0 Å². The average molecular weight is 488 g/mol. The van der Waals surface area contributed by atoms with Crippen LogP contribution in [0.4, 0.5) is 0 Å². The van der Waals surface area contributed by atoms with Crippen molar-refractivity contribution in [3.8, 4) is 6.07 Å². The van der Waals surface area contributed by atoms with Gasteiger partial charge >= 0.3 is 0 Å². The molecule has 1 saturated carbocycles. The molecule has 0 N–H and O–H groups in total. The van der Waals surface area contributed by atoms with Crippen LogP contribution in [0.15, 0.2) is 5.11 Å². The van der Waals surface area contributed by atoms with Gasteiger partial charge in [-0.1, -0.05) is 5.11 Å². The highest BCUT2D eigenvalue weighted by atomic mass is 16.8. The van der Waals surface area contributed by atoms with Gasteiger partial charge in [-0.15, -0.1) is 0 Å². The smallest absolute Gasteiger partial charge is 0.165 e. The minimum atomic E-state index is -1.65. The molecule has 0 aromatic carbocycles. The highest BCUT2D eigenvalue weighted by molar-refractivity contribution is 5.29. The van der Waals surface area contributed by atoms with Gasteiger partial charge in [-0.25, -0.2) is 0 Å². The van der Waals surface area contributed by atoms with Crippen molar-refractivity contribution in [1.82, 2.24) is 0 Å². The topological polar surface area (TPSA) is 165 Å². The number of azide groups is 1. The van der Waals surface area contributed by atoms with Crippen molar-refractivity contribution in [2.45, 2.75) is 61.5 Å². The molecule has 3 aliphatic rings. The lowest BCUT2D eigenvalue weighted by Crippen LogP contribution is -2.77. The highest BCUT2D eigenvalue weighted by Gasteiger charge is 2.77. The van der Waals surface area contributed by atoms with Crippen molar-refractivity contribution in [3.05, 3.63) is 10.4 Å². The van der Waals surface area contributed by atoms with E-state index in [0.717, 1.165) is 0 Å². The van der Waals surface area contributed by atoms with Gasteiger partial charge in [0.2, 0.25) is 0 Å². The zero-order valence-corrected chi connectivity index (χ0v) is 20.2. The summed E-state index contributed by atoms with van der Waals surface area (Å²) in [6.45, 7) is 3.01. The normalized spacial score (nSPS) is 40.6. The molecule has 0 unspecified atom stereocenters. The Morgan fingerprint density at radius 3 is 2.06 bits per heavy atom. The molecule has 14 nitrogen and oxygen atoms in total. The van der Waals surface area contributed by atoms with E-state index in [4.69, 9.17) is 47.4 Å². The molecule has 3 fully saturated rings. The molecule has 0 bridgehead atoms. The van der Waals surface area contributed by atoms with Crippen molar-refractivity contribution in [1.29, 1.82) is 5.26 Å². The van der Waals surface area contributed by atoms with Gasteiger partial charge in [0.05, 0.1) is 18.6 Å². The largest absolute Gasteiger partial charge is 0.359 e. The first-order chi connectivity index (χ1) is 16.3. The van der Waals surface area contributed by atoms with E-state index in [1.54, 1.807) is 13.8 Å². The van der Waals surface area contributed by atoms with Crippen molar-refractivity contribution >= 4 is 0 Å². The van der Waals surface area contributed by atoms with E-state index in [1.807, 2.05) is 0 Å². The first-order valence-electron chi connectivity index (χ1n) is 10.6. The summed E-state index contributed by atoms with van der Waals surface area (Å²) >= 11 is 0. The van der Waals surface area contributed by atoms with Gasteiger partial charge in [-0.2, -0.15) is 5.26 Å². The minimum Gasteiger partial charge on any atom is -0.359 e. The zero-order chi connectivity index (χ0) is 25.0. The van der Waals surface area contributed by atoms with E-state index >= 15 is 0 Å². The molecule has 0 aromatic heterocycles. The van der Waals surface area contributed by atoms with Crippen LogP contribution in [-0.2, 0) is 47.4 Å². The maximum Gasteiger partial charge on any atom is 0.165 e. The molecule has 34 heavy (non-hydrogen) atoms. The van der Waals surface area contributed by atoms with E-state index < -0.39 is 53.6 Å². The highest BCUT2D eigenvalue weighted by Crippen LogP contribution is 2.57. The first kappa shape index (κ1) is 27.0. The molecule has 2 aliphatic heterocycles. The lowest BCUT2D eigenvalue weighted by molar-refractivity contribution is -0.321. The number of fused-ring (bicyclic) bond motifs is 1. The first-order valence-corrected chi connectivity index (χ1v) is 10.6. The van der Waals surface area contributed by atoms with E-state index in [9.17, 15) is 10.8 Å². The Hall–Kier alpha value is -1.60. The van der Waals surface area contributed by atoms with Crippen LogP contribution in [0.2, 0.25) is 0 Å². The van der Waals surface area contributed by atoms with E-state index in [1.165, 1.54) is 28.4 Å². The molecule has 2 saturated heterocycles. The number of nitrogens with zero attached hydrogens (tertiary/aromatic N) is 4. The third kappa shape index (κ3) is 4.39. The minimum absolute atomic E-state index is 0.0199. The molecular weight excluding hydrogens is 456 g/mol. The number of hydrogen-bond donors (Lipinski definition) is 0. The van der Waals surface area contributed by atoms with Crippen LogP contribution in [0.25, 0.3) is 10.4 Å². The van der Waals surface area contributed by atoms with E-state index in [2.05, 4.69) is 16.1 Å². The fraction of sp³-hybridized carbons (Fsp3) is 0.950. The number of rotatable bonds is 11. The summed E-state index contributed by atoms with van der Waals surface area (Å²) in [7, 11) is 5.78.